The third kappa shape index (κ3) is 5.98. The highest BCUT2D eigenvalue weighted by molar-refractivity contribution is 6.14. The zero-order valence-corrected chi connectivity index (χ0v) is 31.5. The normalized spacial score (nSPS) is 11.4. The first kappa shape index (κ1) is 33.6. The molecule has 3 nitrogen and oxygen atoms in total. The number of pyridine rings is 1. The first-order valence-electron chi connectivity index (χ1n) is 19.7. The van der Waals surface area contributed by atoms with Crippen LogP contribution >= 0.6 is 0 Å². The Labute approximate surface area is 336 Å². The van der Waals surface area contributed by atoms with Gasteiger partial charge in [0.05, 0.1) is 11.4 Å². The zero-order chi connectivity index (χ0) is 38.4. The number of aromatic nitrogens is 3. The minimum absolute atomic E-state index is 0.681. The molecule has 0 aliphatic heterocycles. The smallest absolute Gasteiger partial charge is 0.160 e. The first-order valence-corrected chi connectivity index (χ1v) is 19.7. The van der Waals surface area contributed by atoms with Crippen LogP contribution in [0.1, 0.15) is 0 Å². The highest BCUT2D eigenvalue weighted by atomic mass is 14.9. The predicted molar refractivity (Wildman–Crippen MR) is 242 cm³/mol. The van der Waals surface area contributed by atoms with Gasteiger partial charge in [0.2, 0.25) is 0 Å². The van der Waals surface area contributed by atoms with Crippen LogP contribution in [0.4, 0.5) is 0 Å². The largest absolute Gasteiger partial charge is 0.263 e. The van der Waals surface area contributed by atoms with Crippen molar-refractivity contribution in [2.45, 2.75) is 0 Å². The number of hydrogen-bond acceptors (Lipinski definition) is 3. The molecule has 9 aromatic carbocycles. The van der Waals surface area contributed by atoms with E-state index in [2.05, 4.69) is 205 Å². The van der Waals surface area contributed by atoms with Crippen LogP contribution in [0.25, 0.3) is 110 Å². The molecule has 3 heteroatoms. The minimum Gasteiger partial charge on any atom is -0.263 e. The van der Waals surface area contributed by atoms with E-state index >= 15 is 0 Å². The quantitative estimate of drug-likeness (QED) is 0.160. The fourth-order valence-corrected chi connectivity index (χ4v) is 8.45. The molecule has 0 fully saturated rings. The Morgan fingerprint density at radius 3 is 1.57 bits per heavy atom. The Kier molecular flexibility index (Phi) is 8.15. The molecule has 0 N–H and O–H groups in total. The Hall–Kier alpha value is -7.75. The molecule has 2 heterocycles. The summed E-state index contributed by atoms with van der Waals surface area (Å²) in [5, 5.41) is 9.74. The maximum absolute atomic E-state index is 5.28. The topological polar surface area (TPSA) is 38.7 Å². The van der Waals surface area contributed by atoms with Gasteiger partial charge in [-0.3, -0.25) is 4.98 Å². The van der Waals surface area contributed by atoms with Crippen molar-refractivity contribution in [3.8, 4) is 67.3 Å². The molecule has 0 saturated heterocycles. The van der Waals surface area contributed by atoms with Crippen LogP contribution in [-0.2, 0) is 0 Å². The summed E-state index contributed by atoms with van der Waals surface area (Å²) < 4.78 is 0. The summed E-state index contributed by atoms with van der Waals surface area (Å²) in [6.45, 7) is 0. The van der Waals surface area contributed by atoms with E-state index in [1.54, 1.807) is 0 Å². The lowest BCUT2D eigenvalue weighted by atomic mass is 9.92. The summed E-state index contributed by atoms with van der Waals surface area (Å²) in [4.78, 5) is 15.1. The molecular formula is C55H35N3. The van der Waals surface area contributed by atoms with Crippen LogP contribution in [0.15, 0.2) is 213 Å². The molecule has 0 atom stereocenters. The number of benzene rings is 9. The van der Waals surface area contributed by atoms with Gasteiger partial charge in [-0.15, -0.1) is 0 Å². The number of fused-ring (bicyclic) bond motifs is 5. The molecule has 0 unspecified atom stereocenters. The molecule has 270 valence electrons. The molecule has 58 heavy (non-hydrogen) atoms. The van der Waals surface area contributed by atoms with Crippen LogP contribution in [0.3, 0.4) is 0 Å². The van der Waals surface area contributed by atoms with E-state index in [4.69, 9.17) is 9.97 Å². The molecular weight excluding hydrogens is 703 g/mol. The standard InChI is InChI=1S/C55H35N3/c1-4-17-45-36(11-1)14-10-22-46(45)37-25-29-40(30-26-37)55-57-53(39-27-23-38(24-28-39)52-35-56-34-44-13-3-6-19-48(44)52)33-54(58-55)43-16-9-15-41(31-43)51-32-42-12-2-5-18-47(42)49-20-7-8-21-50(49)51/h1-35H. The maximum Gasteiger partial charge on any atom is 0.160 e. The van der Waals surface area contributed by atoms with Crippen LogP contribution in [0.5, 0.6) is 0 Å². The van der Waals surface area contributed by atoms with Gasteiger partial charge in [0, 0.05) is 40.0 Å². The van der Waals surface area contributed by atoms with Gasteiger partial charge >= 0.3 is 0 Å². The van der Waals surface area contributed by atoms with Gasteiger partial charge in [-0.25, -0.2) is 9.97 Å². The number of nitrogens with zero attached hydrogens (tertiary/aromatic N) is 3. The van der Waals surface area contributed by atoms with Crippen molar-refractivity contribution in [3.05, 3.63) is 213 Å². The van der Waals surface area contributed by atoms with Crippen molar-refractivity contribution >= 4 is 43.1 Å². The predicted octanol–water partition coefficient (Wildman–Crippen LogP) is 14.5. The first-order chi connectivity index (χ1) is 28.7. The molecule has 2 aromatic heterocycles. The monoisotopic (exact) mass is 737 g/mol. The van der Waals surface area contributed by atoms with Crippen molar-refractivity contribution in [1.29, 1.82) is 0 Å². The second-order valence-electron chi connectivity index (χ2n) is 14.8. The summed E-state index contributed by atoms with van der Waals surface area (Å²) in [7, 11) is 0. The van der Waals surface area contributed by atoms with Crippen molar-refractivity contribution in [3.63, 3.8) is 0 Å². The third-order valence-electron chi connectivity index (χ3n) is 11.4. The molecule has 0 aliphatic carbocycles. The molecule has 0 spiro atoms. The minimum atomic E-state index is 0.681. The van der Waals surface area contributed by atoms with E-state index in [9.17, 15) is 0 Å². The Morgan fingerprint density at radius 1 is 0.259 bits per heavy atom. The Bertz CT molecular complexity index is 3180. The molecule has 0 bridgehead atoms. The van der Waals surface area contributed by atoms with Crippen LogP contribution < -0.4 is 0 Å². The van der Waals surface area contributed by atoms with Crippen LogP contribution in [0, 0.1) is 0 Å². The summed E-state index contributed by atoms with van der Waals surface area (Å²) in [5.74, 6) is 0.681. The molecule has 0 saturated carbocycles. The van der Waals surface area contributed by atoms with E-state index in [1.165, 1.54) is 48.8 Å². The van der Waals surface area contributed by atoms with Crippen molar-refractivity contribution in [2.75, 3.05) is 0 Å². The average molecular weight is 738 g/mol. The van der Waals surface area contributed by atoms with Gasteiger partial charge in [0.25, 0.3) is 0 Å². The molecule has 11 aromatic rings. The molecule has 0 radical (unpaired) electrons. The van der Waals surface area contributed by atoms with Crippen molar-refractivity contribution < 1.29 is 0 Å². The Morgan fingerprint density at radius 2 is 0.793 bits per heavy atom. The molecule has 11 rings (SSSR count). The molecule has 0 amide bonds. The van der Waals surface area contributed by atoms with Gasteiger partial charge in [-0.05, 0) is 83.7 Å². The van der Waals surface area contributed by atoms with Crippen LogP contribution in [-0.4, -0.2) is 15.0 Å². The van der Waals surface area contributed by atoms with Gasteiger partial charge < -0.3 is 0 Å². The molecule has 0 aliphatic rings. The lowest BCUT2D eigenvalue weighted by Crippen LogP contribution is -1.96. The fourth-order valence-electron chi connectivity index (χ4n) is 8.45. The zero-order valence-electron chi connectivity index (χ0n) is 31.5. The van der Waals surface area contributed by atoms with E-state index < -0.39 is 0 Å². The van der Waals surface area contributed by atoms with E-state index in [0.29, 0.717) is 5.82 Å². The van der Waals surface area contributed by atoms with E-state index in [-0.39, 0.29) is 0 Å². The highest BCUT2D eigenvalue weighted by Crippen LogP contribution is 2.38. The number of hydrogen-bond donors (Lipinski definition) is 0. The summed E-state index contributed by atoms with van der Waals surface area (Å²) >= 11 is 0. The summed E-state index contributed by atoms with van der Waals surface area (Å²) in [6, 6.07) is 71.3. The third-order valence-corrected chi connectivity index (χ3v) is 11.4. The maximum atomic E-state index is 5.28. The fraction of sp³-hybridized carbons (Fsp3) is 0. The van der Waals surface area contributed by atoms with Gasteiger partial charge in [-0.1, -0.05) is 182 Å². The van der Waals surface area contributed by atoms with Crippen LogP contribution in [0.2, 0.25) is 0 Å². The van der Waals surface area contributed by atoms with Gasteiger partial charge in [0.1, 0.15) is 0 Å². The Balaban J connectivity index is 1.04. The average Bonchev–Trinajstić information content (AvgIpc) is 3.31. The van der Waals surface area contributed by atoms with Gasteiger partial charge in [0.15, 0.2) is 5.82 Å². The van der Waals surface area contributed by atoms with E-state index in [0.717, 1.165) is 55.7 Å². The SMILES string of the molecule is c1cc(-c2cc(-c3ccc(-c4cncc5ccccc45)cc3)nc(-c3ccc(-c4cccc5ccccc45)cc3)n2)cc(-c2cc3ccccc3c3ccccc23)c1. The second-order valence-corrected chi connectivity index (χ2v) is 14.8. The number of rotatable bonds is 6. The lowest BCUT2D eigenvalue weighted by molar-refractivity contribution is 1.18. The van der Waals surface area contributed by atoms with Crippen molar-refractivity contribution in [1.82, 2.24) is 15.0 Å². The highest BCUT2D eigenvalue weighted by Gasteiger charge is 2.15. The van der Waals surface area contributed by atoms with Crippen molar-refractivity contribution in [2.24, 2.45) is 0 Å². The second kappa shape index (κ2) is 14.1. The summed E-state index contributed by atoms with van der Waals surface area (Å²) in [6.07, 6.45) is 3.87. The summed E-state index contributed by atoms with van der Waals surface area (Å²) in [5.41, 5.74) is 11.7. The lowest BCUT2D eigenvalue weighted by Gasteiger charge is -2.14. The van der Waals surface area contributed by atoms with E-state index in [1.807, 2.05) is 12.4 Å². The van der Waals surface area contributed by atoms with Gasteiger partial charge in [-0.2, -0.15) is 0 Å².